The third-order valence-corrected chi connectivity index (χ3v) is 2.19. The summed E-state index contributed by atoms with van der Waals surface area (Å²) in [5, 5.41) is 4.91. The van der Waals surface area contributed by atoms with E-state index in [1.807, 2.05) is 13.0 Å². The van der Waals surface area contributed by atoms with Crippen LogP contribution in [0, 0.1) is 6.92 Å². The molecule has 0 atom stereocenters. The van der Waals surface area contributed by atoms with Gasteiger partial charge in [-0.2, -0.15) is 5.10 Å². The van der Waals surface area contributed by atoms with Gasteiger partial charge in [-0.3, -0.25) is 0 Å². The van der Waals surface area contributed by atoms with E-state index in [-0.39, 0.29) is 0 Å². The first kappa shape index (κ1) is 8.51. The fourth-order valence-electron chi connectivity index (χ4n) is 1.27. The van der Waals surface area contributed by atoms with Gasteiger partial charge in [0.05, 0.1) is 5.69 Å². The lowest BCUT2D eigenvalue weighted by Gasteiger charge is -1.96. The molecule has 0 aliphatic carbocycles. The lowest BCUT2D eigenvalue weighted by atomic mass is 10.3. The molecule has 13 heavy (non-hydrogen) atoms. The Hall–Kier alpha value is -1.09. The molecule has 0 N–H and O–H groups in total. The van der Waals surface area contributed by atoms with Crippen molar-refractivity contribution < 1.29 is 0 Å². The summed E-state index contributed by atoms with van der Waals surface area (Å²) in [5.74, 6) is 0. The highest BCUT2D eigenvalue weighted by molar-refractivity contribution is 6.29. The highest BCUT2D eigenvalue weighted by Crippen LogP contribution is 2.13. The lowest BCUT2D eigenvalue weighted by molar-refractivity contribution is 0.882. The van der Waals surface area contributed by atoms with Crippen LogP contribution in [-0.2, 0) is 6.42 Å². The van der Waals surface area contributed by atoms with Gasteiger partial charge in [0.25, 0.3) is 0 Å². The molecule has 0 saturated carbocycles. The predicted molar refractivity (Wildman–Crippen MR) is 52.1 cm³/mol. The maximum atomic E-state index is 5.99. The van der Waals surface area contributed by atoms with Crippen LogP contribution in [0.5, 0.6) is 0 Å². The summed E-state index contributed by atoms with van der Waals surface area (Å²) in [4.78, 5) is 4.32. The van der Waals surface area contributed by atoms with Crippen molar-refractivity contribution in [2.45, 2.75) is 20.3 Å². The Balaban J connectivity index is 2.75. The summed E-state index contributed by atoms with van der Waals surface area (Å²) in [6, 6.07) is 3.76. The summed E-state index contributed by atoms with van der Waals surface area (Å²) in [6.07, 6.45) is 0.902. The summed E-state index contributed by atoms with van der Waals surface area (Å²) in [5.41, 5.74) is 2.75. The van der Waals surface area contributed by atoms with Crippen LogP contribution in [0.1, 0.15) is 18.3 Å². The molecular formula is C9H10ClN3. The van der Waals surface area contributed by atoms with Crippen LogP contribution in [0.2, 0.25) is 5.15 Å². The average Bonchev–Trinajstić information content (AvgIpc) is 2.47. The molecule has 2 heterocycles. The summed E-state index contributed by atoms with van der Waals surface area (Å²) < 4.78 is 1.66. The van der Waals surface area contributed by atoms with Gasteiger partial charge in [0, 0.05) is 11.8 Å². The van der Waals surface area contributed by atoms with Gasteiger partial charge in [-0.1, -0.05) is 18.5 Å². The van der Waals surface area contributed by atoms with Crippen LogP contribution in [-0.4, -0.2) is 14.6 Å². The van der Waals surface area contributed by atoms with Crippen LogP contribution in [0.3, 0.4) is 0 Å². The molecule has 3 nitrogen and oxygen atoms in total. The van der Waals surface area contributed by atoms with Gasteiger partial charge in [0.15, 0.2) is 5.65 Å². The van der Waals surface area contributed by atoms with Crippen molar-refractivity contribution in [3.63, 3.8) is 0 Å². The van der Waals surface area contributed by atoms with E-state index in [0.717, 1.165) is 23.5 Å². The third kappa shape index (κ3) is 1.40. The van der Waals surface area contributed by atoms with E-state index >= 15 is 0 Å². The maximum Gasteiger partial charge on any atom is 0.157 e. The smallest absolute Gasteiger partial charge is 0.157 e. The van der Waals surface area contributed by atoms with E-state index in [4.69, 9.17) is 11.6 Å². The fraction of sp³-hybridized carbons (Fsp3) is 0.333. The van der Waals surface area contributed by atoms with Gasteiger partial charge in [-0.25, -0.2) is 9.50 Å². The van der Waals surface area contributed by atoms with Gasteiger partial charge < -0.3 is 0 Å². The Morgan fingerprint density at radius 3 is 2.92 bits per heavy atom. The van der Waals surface area contributed by atoms with E-state index in [2.05, 4.69) is 17.0 Å². The average molecular weight is 196 g/mol. The molecule has 0 radical (unpaired) electrons. The van der Waals surface area contributed by atoms with Gasteiger partial charge in [0.2, 0.25) is 0 Å². The van der Waals surface area contributed by atoms with E-state index in [0.29, 0.717) is 5.15 Å². The number of nitrogens with zero attached hydrogens (tertiary/aromatic N) is 3. The first-order chi connectivity index (χ1) is 6.20. The predicted octanol–water partition coefficient (Wildman–Crippen LogP) is 2.25. The Kier molecular flexibility index (Phi) is 1.96. The molecule has 0 saturated heterocycles. The molecule has 2 rings (SSSR count). The van der Waals surface area contributed by atoms with E-state index < -0.39 is 0 Å². The second-order valence-corrected chi connectivity index (χ2v) is 3.37. The molecule has 0 bridgehead atoms. The monoisotopic (exact) mass is 195 g/mol. The number of aryl methyl sites for hydroxylation is 2. The van der Waals surface area contributed by atoms with Crippen molar-refractivity contribution in [3.05, 3.63) is 28.7 Å². The van der Waals surface area contributed by atoms with Crippen molar-refractivity contribution in [2.75, 3.05) is 0 Å². The van der Waals surface area contributed by atoms with Gasteiger partial charge in [-0.15, -0.1) is 0 Å². The van der Waals surface area contributed by atoms with Crippen molar-refractivity contribution >= 4 is 17.2 Å². The quantitative estimate of drug-likeness (QED) is 0.654. The van der Waals surface area contributed by atoms with Crippen LogP contribution in [0.4, 0.5) is 0 Å². The summed E-state index contributed by atoms with van der Waals surface area (Å²) >= 11 is 5.99. The third-order valence-electron chi connectivity index (χ3n) is 1.92. The van der Waals surface area contributed by atoms with E-state index in [9.17, 15) is 0 Å². The zero-order chi connectivity index (χ0) is 9.42. The molecule has 0 amide bonds. The number of aromatic nitrogens is 3. The molecular weight excluding hydrogens is 186 g/mol. The molecule has 68 valence electrons. The first-order valence-electron chi connectivity index (χ1n) is 4.22. The second kappa shape index (κ2) is 3.00. The summed E-state index contributed by atoms with van der Waals surface area (Å²) in [7, 11) is 0. The molecule has 0 spiro atoms. The van der Waals surface area contributed by atoms with Gasteiger partial charge in [0.1, 0.15) is 5.15 Å². The first-order valence-corrected chi connectivity index (χ1v) is 4.60. The molecule has 0 aliphatic heterocycles. The molecule has 2 aromatic rings. The highest BCUT2D eigenvalue weighted by Gasteiger charge is 2.04. The molecule has 4 heteroatoms. The molecule has 2 aromatic heterocycles. The standard InChI is InChI=1S/C9H10ClN3/c1-3-7-5-9-11-6(2)4-8(10)13(9)12-7/h4-5H,3H2,1-2H3. The molecule has 0 aliphatic rings. The van der Waals surface area contributed by atoms with Crippen LogP contribution in [0.25, 0.3) is 5.65 Å². The van der Waals surface area contributed by atoms with E-state index in [1.54, 1.807) is 10.6 Å². The van der Waals surface area contributed by atoms with Crippen LogP contribution < -0.4 is 0 Å². The topological polar surface area (TPSA) is 30.2 Å². The number of halogens is 1. The van der Waals surface area contributed by atoms with Gasteiger partial charge >= 0.3 is 0 Å². The minimum absolute atomic E-state index is 0.613. The Morgan fingerprint density at radius 2 is 2.23 bits per heavy atom. The molecule has 0 fully saturated rings. The van der Waals surface area contributed by atoms with Crippen LogP contribution >= 0.6 is 11.6 Å². The van der Waals surface area contributed by atoms with Crippen molar-refractivity contribution in [3.8, 4) is 0 Å². The lowest BCUT2D eigenvalue weighted by Crippen LogP contribution is -1.94. The van der Waals surface area contributed by atoms with Crippen molar-refractivity contribution in [2.24, 2.45) is 0 Å². The number of fused-ring (bicyclic) bond motifs is 1. The second-order valence-electron chi connectivity index (χ2n) is 2.98. The zero-order valence-electron chi connectivity index (χ0n) is 7.58. The SMILES string of the molecule is CCc1cc2nc(C)cc(Cl)n2n1. The normalized spacial score (nSPS) is 11.0. The number of rotatable bonds is 1. The number of hydrogen-bond donors (Lipinski definition) is 0. The summed E-state index contributed by atoms with van der Waals surface area (Å²) in [6.45, 7) is 3.98. The Morgan fingerprint density at radius 1 is 1.46 bits per heavy atom. The minimum atomic E-state index is 0.613. The van der Waals surface area contributed by atoms with E-state index in [1.165, 1.54) is 0 Å². The zero-order valence-corrected chi connectivity index (χ0v) is 8.34. The van der Waals surface area contributed by atoms with Gasteiger partial charge in [-0.05, 0) is 19.4 Å². The maximum absolute atomic E-state index is 5.99. The minimum Gasteiger partial charge on any atom is -0.234 e. The highest BCUT2D eigenvalue weighted by atomic mass is 35.5. The Bertz CT molecular complexity index is 447. The Labute approximate surface area is 81.4 Å². The number of hydrogen-bond acceptors (Lipinski definition) is 2. The largest absolute Gasteiger partial charge is 0.234 e. The van der Waals surface area contributed by atoms with Crippen molar-refractivity contribution in [1.29, 1.82) is 0 Å². The molecule has 0 unspecified atom stereocenters. The van der Waals surface area contributed by atoms with Crippen LogP contribution in [0.15, 0.2) is 12.1 Å². The van der Waals surface area contributed by atoms with Crippen molar-refractivity contribution in [1.82, 2.24) is 14.6 Å². The fourth-order valence-corrected chi connectivity index (χ4v) is 1.56. The molecule has 0 aromatic carbocycles.